The van der Waals surface area contributed by atoms with E-state index in [1.54, 1.807) is 17.0 Å². The third-order valence-corrected chi connectivity index (χ3v) is 4.61. The van der Waals surface area contributed by atoms with Crippen LogP contribution in [-0.4, -0.2) is 41.2 Å². The van der Waals surface area contributed by atoms with Crippen LogP contribution < -0.4 is 16.8 Å². The van der Waals surface area contributed by atoms with E-state index in [1.807, 2.05) is 26.0 Å². The molecule has 0 spiro atoms. The summed E-state index contributed by atoms with van der Waals surface area (Å²) in [6.45, 7) is 5.00. The van der Waals surface area contributed by atoms with E-state index in [4.69, 9.17) is 16.9 Å². The fourth-order valence-electron chi connectivity index (χ4n) is 3.23. The summed E-state index contributed by atoms with van der Waals surface area (Å²) >= 11 is 0. The molecule has 27 heavy (non-hydrogen) atoms. The van der Waals surface area contributed by atoms with E-state index >= 15 is 0 Å². The molecule has 1 unspecified atom stereocenters. The Hall–Kier alpha value is -2.12. The minimum Gasteiger partial charge on any atom is -0.384 e. The van der Waals surface area contributed by atoms with Crippen LogP contribution in [0.5, 0.6) is 0 Å². The van der Waals surface area contributed by atoms with Crippen LogP contribution in [0.15, 0.2) is 24.3 Å². The molecule has 7 nitrogen and oxygen atoms in total. The summed E-state index contributed by atoms with van der Waals surface area (Å²) in [7, 11) is 0. The van der Waals surface area contributed by atoms with Crippen LogP contribution in [0, 0.1) is 11.3 Å². The molecular weight excluding hydrogens is 366 g/mol. The van der Waals surface area contributed by atoms with E-state index in [0.717, 1.165) is 12.0 Å². The van der Waals surface area contributed by atoms with Crippen molar-refractivity contribution in [3.05, 3.63) is 35.4 Å². The molecule has 0 bridgehead atoms. The lowest BCUT2D eigenvalue weighted by Gasteiger charge is -2.27. The number of nitrogens with zero attached hydrogens (tertiary/aromatic N) is 1. The number of carbonyl (C=O) groups is 2. The standard InChI is InChI=1S/C19H29N5O2.ClH/c1-12(2)10-15(20)19(26)24-9-3-4-16(24)18(25)23-11-13-5-7-14(8-6-13)17(21)22;/h5-8,12,15-16H,3-4,9-11,20H2,1-2H3,(H3,21,22)(H,23,25);1H/t15?,16-;/m0./s1. The van der Waals surface area contributed by atoms with Gasteiger partial charge in [0, 0.05) is 18.7 Å². The Morgan fingerprint density at radius 3 is 2.48 bits per heavy atom. The summed E-state index contributed by atoms with van der Waals surface area (Å²) in [5, 5.41) is 10.3. The first-order chi connectivity index (χ1) is 12.3. The van der Waals surface area contributed by atoms with E-state index in [9.17, 15) is 9.59 Å². The van der Waals surface area contributed by atoms with Crippen LogP contribution in [0.4, 0.5) is 0 Å². The molecule has 8 heteroatoms. The maximum atomic E-state index is 12.6. The molecule has 6 N–H and O–H groups in total. The predicted octanol–water partition coefficient (Wildman–Crippen LogP) is 1.37. The fraction of sp³-hybridized carbons (Fsp3) is 0.526. The van der Waals surface area contributed by atoms with Crippen LogP contribution in [-0.2, 0) is 16.1 Å². The highest BCUT2D eigenvalue weighted by atomic mass is 35.5. The number of nitrogens with one attached hydrogen (secondary N) is 2. The van der Waals surface area contributed by atoms with Gasteiger partial charge in [-0.3, -0.25) is 15.0 Å². The molecule has 150 valence electrons. The number of amides is 2. The molecule has 2 amide bonds. The second-order valence-corrected chi connectivity index (χ2v) is 7.25. The first-order valence-electron chi connectivity index (χ1n) is 9.06. The van der Waals surface area contributed by atoms with Gasteiger partial charge in [0.2, 0.25) is 11.8 Å². The quantitative estimate of drug-likeness (QED) is 0.411. The van der Waals surface area contributed by atoms with Crippen molar-refractivity contribution in [2.45, 2.75) is 51.7 Å². The van der Waals surface area contributed by atoms with Gasteiger partial charge in [-0.2, -0.15) is 0 Å². The average molecular weight is 396 g/mol. The second-order valence-electron chi connectivity index (χ2n) is 7.25. The normalized spacial score (nSPS) is 17.3. The molecule has 1 heterocycles. The van der Waals surface area contributed by atoms with Crippen molar-refractivity contribution in [2.24, 2.45) is 17.4 Å². The predicted molar refractivity (Wildman–Crippen MR) is 109 cm³/mol. The van der Waals surface area contributed by atoms with Gasteiger partial charge >= 0.3 is 0 Å². The number of nitrogen functional groups attached to an aromatic ring is 1. The molecule has 1 aromatic rings. The fourth-order valence-corrected chi connectivity index (χ4v) is 3.23. The Labute approximate surface area is 166 Å². The largest absolute Gasteiger partial charge is 0.384 e. The van der Waals surface area contributed by atoms with Crippen LogP contribution >= 0.6 is 12.4 Å². The van der Waals surface area contributed by atoms with Crippen LogP contribution in [0.3, 0.4) is 0 Å². The van der Waals surface area contributed by atoms with Crippen LogP contribution in [0.25, 0.3) is 0 Å². The highest BCUT2D eigenvalue weighted by Gasteiger charge is 2.36. The zero-order valence-electron chi connectivity index (χ0n) is 15.9. The van der Waals surface area contributed by atoms with E-state index in [1.165, 1.54) is 0 Å². The van der Waals surface area contributed by atoms with Gasteiger partial charge in [-0.1, -0.05) is 38.1 Å². The summed E-state index contributed by atoms with van der Waals surface area (Å²) in [6, 6.07) is 6.15. The third-order valence-electron chi connectivity index (χ3n) is 4.61. The molecule has 0 radical (unpaired) electrons. The second kappa shape index (κ2) is 10.3. The molecule has 1 aliphatic heterocycles. The summed E-state index contributed by atoms with van der Waals surface area (Å²) < 4.78 is 0. The summed E-state index contributed by atoms with van der Waals surface area (Å²) in [5.41, 5.74) is 13.0. The lowest BCUT2D eigenvalue weighted by Crippen LogP contribution is -2.51. The van der Waals surface area contributed by atoms with E-state index < -0.39 is 12.1 Å². The van der Waals surface area contributed by atoms with E-state index in [2.05, 4.69) is 5.32 Å². The molecule has 1 fully saturated rings. The first-order valence-corrected chi connectivity index (χ1v) is 9.06. The number of rotatable bonds is 7. The van der Waals surface area contributed by atoms with Gasteiger partial charge < -0.3 is 21.7 Å². The molecule has 0 aromatic heterocycles. The molecule has 1 aromatic carbocycles. The Bertz CT molecular complexity index is 663. The van der Waals surface area contributed by atoms with E-state index in [-0.39, 0.29) is 30.1 Å². The Kier molecular flexibility index (Phi) is 8.72. The Morgan fingerprint density at radius 2 is 1.93 bits per heavy atom. The van der Waals surface area contributed by atoms with Crippen molar-refractivity contribution in [3.63, 3.8) is 0 Å². The van der Waals surface area contributed by atoms with Crippen LogP contribution in [0.1, 0.15) is 44.2 Å². The van der Waals surface area contributed by atoms with Crippen LogP contribution in [0.2, 0.25) is 0 Å². The summed E-state index contributed by atoms with van der Waals surface area (Å²) in [6.07, 6.45) is 2.09. The maximum absolute atomic E-state index is 12.6. The number of benzene rings is 1. The third kappa shape index (κ3) is 6.22. The molecule has 2 atom stereocenters. The lowest BCUT2D eigenvalue weighted by atomic mass is 10.0. The number of halogens is 1. The van der Waals surface area contributed by atoms with Crippen molar-refractivity contribution in [1.29, 1.82) is 5.41 Å². The molecule has 0 aliphatic carbocycles. The molecule has 1 saturated heterocycles. The number of carbonyl (C=O) groups excluding carboxylic acids is 2. The lowest BCUT2D eigenvalue weighted by molar-refractivity contribution is -0.139. The number of hydrogen-bond donors (Lipinski definition) is 4. The van der Waals surface area contributed by atoms with Gasteiger partial charge in [0.05, 0.1) is 6.04 Å². The topological polar surface area (TPSA) is 125 Å². The van der Waals surface area contributed by atoms with Gasteiger partial charge in [-0.05, 0) is 30.7 Å². The highest BCUT2D eigenvalue weighted by molar-refractivity contribution is 5.95. The highest BCUT2D eigenvalue weighted by Crippen LogP contribution is 2.20. The minimum absolute atomic E-state index is 0. The monoisotopic (exact) mass is 395 g/mol. The van der Waals surface area contributed by atoms with Gasteiger partial charge in [0.25, 0.3) is 0 Å². The maximum Gasteiger partial charge on any atom is 0.243 e. The molecule has 2 rings (SSSR count). The molecular formula is C19H30ClN5O2. The Morgan fingerprint density at radius 1 is 1.30 bits per heavy atom. The summed E-state index contributed by atoms with van der Waals surface area (Å²) in [4.78, 5) is 26.7. The minimum atomic E-state index is -0.553. The number of nitrogens with two attached hydrogens (primary N) is 2. The van der Waals surface area contributed by atoms with E-state index in [0.29, 0.717) is 37.4 Å². The zero-order valence-corrected chi connectivity index (χ0v) is 16.7. The Balaban J connectivity index is 0.00000364. The molecule has 0 saturated carbocycles. The number of hydrogen-bond acceptors (Lipinski definition) is 4. The van der Waals surface area contributed by atoms with Crippen molar-refractivity contribution in [2.75, 3.05) is 6.54 Å². The molecule has 1 aliphatic rings. The van der Waals surface area contributed by atoms with Gasteiger partial charge in [0.1, 0.15) is 11.9 Å². The number of likely N-dealkylation sites (tertiary alicyclic amines) is 1. The van der Waals surface area contributed by atoms with Gasteiger partial charge in [-0.25, -0.2) is 0 Å². The van der Waals surface area contributed by atoms with Crippen molar-refractivity contribution in [1.82, 2.24) is 10.2 Å². The summed E-state index contributed by atoms with van der Waals surface area (Å²) in [5.74, 6) is 0.0608. The first kappa shape index (κ1) is 22.9. The van der Waals surface area contributed by atoms with Crippen molar-refractivity contribution in [3.8, 4) is 0 Å². The SMILES string of the molecule is CC(C)CC(N)C(=O)N1CCC[C@H]1C(=O)NCc1ccc(C(=N)N)cc1.Cl. The zero-order chi connectivity index (χ0) is 19.3. The van der Waals surface area contributed by atoms with Gasteiger partial charge in [-0.15, -0.1) is 12.4 Å². The van der Waals surface area contributed by atoms with Crippen molar-refractivity contribution >= 4 is 30.1 Å². The van der Waals surface area contributed by atoms with Gasteiger partial charge in [0.15, 0.2) is 0 Å². The number of amidine groups is 1. The van der Waals surface area contributed by atoms with Crippen molar-refractivity contribution < 1.29 is 9.59 Å². The average Bonchev–Trinajstić information content (AvgIpc) is 3.08. The smallest absolute Gasteiger partial charge is 0.243 e.